The molecule has 2 aromatic heterocycles. The summed E-state index contributed by atoms with van der Waals surface area (Å²) in [5.41, 5.74) is 3.66. The van der Waals surface area contributed by atoms with Crippen LogP contribution in [0.15, 0.2) is 39.7 Å². The quantitative estimate of drug-likeness (QED) is 0.684. The van der Waals surface area contributed by atoms with E-state index >= 15 is 0 Å². The topological polar surface area (TPSA) is 48.2 Å². The predicted octanol–water partition coefficient (Wildman–Crippen LogP) is 4.78. The highest BCUT2D eigenvalue weighted by Crippen LogP contribution is 2.39. The molecule has 0 aliphatic carbocycles. The van der Waals surface area contributed by atoms with Gasteiger partial charge in [0.1, 0.15) is 17.7 Å². The lowest BCUT2D eigenvalue weighted by Gasteiger charge is -2.11. The number of nitrogens with zero attached hydrogens (tertiary/aromatic N) is 2. The van der Waals surface area contributed by atoms with Gasteiger partial charge in [0.15, 0.2) is 0 Å². The van der Waals surface area contributed by atoms with Crippen molar-refractivity contribution in [2.24, 2.45) is 0 Å². The first-order valence-corrected chi connectivity index (χ1v) is 7.48. The Balaban J connectivity index is 2.29. The van der Waals surface area contributed by atoms with Crippen LogP contribution in [-0.2, 0) is 0 Å². The van der Waals surface area contributed by atoms with Gasteiger partial charge in [0.2, 0.25) is 0 Å². The third-order valence-corrected chi connectivity index (χ3v) is 4.31. The molecule has 0 aliphatic heterocycles. The number of ether oxygens (including phenoxy) is 1. The molecule has 0 fully saturated rings. The zero-order chi connectivity index (χ0) is 15.0. The van der Waals surface area contributed by atoms with Gasteiger partial charge < -0.3 is 9.26 Å². The van der Waals surface area contributed by atoms with E-state index in [1.165, 1.54) is 0 Å². The van der Waals surface area contributed by atoms with Gasteiger partial charge in [0, 0.05) is 21.8 Å². The highest BCUT2D eigenvalue weighted by Gasteiger charge is 2.19. The SMILES string of the molecule is COc1cccc2ncc(-c3nocc3C(C)C)c(Br)c12. The summed E-state index contributed by atoms with van der Waals surface area (Å²) in [7, 11) is 1.66. The summed E-state index contributed by atoms with van der Waals surface area (Å²) in [4.78, 5) is 4.52. The fourth-order valence-electron chi connectivity index (χ4n) is 2.37. The number of pyridine rings is 1. The number of hydrogen-bond donors (Lipinski definition) is 0. The maximum Gasteiger partial charge on any atom is 0.129 e. The molecule has 0 saturated heterocycles. The van der Waals surface area contributed by atoms with Crippen LogP contribution < -0.4 is 4.74 Å². The molecule has 108 valence electrons. The van der Waals surface area contributed by atoms with Gasteiger partial charge >= 0.3 is 0 Å². The number of rotatable bonds is 3. The van der Waals surface area contributed by atoms with Crippen LogP contribution in [-0.4, -0.2) is 17.3 Å². The Hall–Kier alpha value is -1.88. The second-order valence-corrected chi connectivity index (χ2v) is 5.91. The largest absolute Gasteiger partial charge is 0.496 e. The minimum atomic E-state index is 0.325. The Morgan fingerprint density at radius 3 is 2.81 bits per heavy atom. The number of methoxy groups -OCH3 is 1. The molecule has 1 aromatic carbocycles. The minimum Gasteiger partial charge on any atom is -0.496 e. The van der Waals surface area contributed by atoms with Crippen molar-refractivity contribution in [3.63, 3.8) is 0 Å². The lowest BCUT2D eigenvalue weighted by atomic mass is 10.00. The second-order valence-electron chi connectivity index (χ2n) is 5.11. The Kier molecular flexibility index (Phi) is 3.68. The van der Waals surface area contributed by atoms with Crippen LogP contribution in [0.25, 0.3) is 22.2 Å². The highest BCUT2D eigenvalue weighted by molar-refractivity contribution is 9.10. The summed E-state index contributed by atoms with van der Waals surface area (Å²) in [5, 5.41) is 5.09. The molecule has 0 aliphatic rings. The van der Waals surface area contributed by atoms with Crippen molar-refractivity contribution in [1.82, 2.24) is 10.1 Å². The molecule has 0 spiro atoms. The van der Waals surface area contributed by atoms with Gasteiger partial charge in [-0.05, 0) is 34.0 Å². The van der Waals surface area contributed by atoms with Crippen molar-refractivity contribution in [2.75, 3.05) is 7.11 Å². The van der Waals surface area contributed by atoms with Crippen molar-refractivity contribution in [3.05, 3.63) is 40.7 Å². The molecule has 0 radical (unpaired) electrons. The van der Waals surface area contributed by atoms with Crippen molar-refractivity contribution < 1.29 is 9.26 Å². The van der Waals surface area contributed by atoms with E-state index in [4.69, 9.17) is 9.26 Å². The highest BCUT2D eigenvalue weighted by atomic mass is 79.9. The first kappa shape index (κ1) is 14.1. The normalized spacial score (nSPS) is 11.3. The monoisotopic (exact) mass is 346 g/mol. The van der Waals surface area contributed by atoms with Crippen molar-refractivity contribution >= 4 is 26.8 Å². The molecule has 0 amide bonds. The van der Waals surface area contributed by atoms with Gasteiger partial charge in [-0.2, -0.15) is 0 Å². The first-order chi connectivity index (χ1) is 10.1. The maximum absolute atomic E-state index is 5.44. The van der Waals surface area contributed by atoms with Gasteiger partial charge in [-0.3, -0.25) is 4.98 Å². The molecule has 3 aromatic rings. The van der Waals surface area contributed by atoms with Crippen LogP contribution in [0, 0.1) is 0 Å². The number of halogens is 1. The summed E-state index contributed by atoms with van der Waals surface area (Å²) in [6, 6.07) is 5.80. The maximum atomic E-state index is 5.44. The summed E-state index contributed by atoms with van der Waals surface area (Å²) < 4.78 is 11.5. The zero-order valence-corrected chi connectivity index (χ0v) is 13.6. The average Bonchev–Trinajstić information content (AvgIpc) is 2.96. The molecule has 0 unspecified atom stereocenters. The summed E-state index contributed by atoms with van der Waals surface area (Å²) in [5.74, 6) is 1.11. The third-order valence-electron chi connectivity index (χ3n) is 3.49. The van der Waals surface area contributed by atoms with E-state index in [2.05, 4.69) is 39.9 Å². The van der Waals surface area contributed by atoms with Crippen LogP contribution in [0.5, 0.6) is 5.75 Å². The van der Waals surface area contributed by atoms with Crippen molar-refractivity contribution in [3.8, 4) is 17.0 Å². The molecule has 5 heteroatoms. The number of fused-ring (bicyclic) bond motifs is 1. The summed E-state index contributed by atoms with van der Waals surface area (Å²) in [6.45, 7) is 4.22. The van der Waals surface area contributed by atoms with Crippen molar-refractivity contribution in [2.45, 2.75) is 19.8 Å². The Morgan fingerprint density at radius 1 is 1.29 bits per heavy atom. The molecular formula is C16H15BrN2O2. The molecule has 0 atom stereocenters. The molecule has 3 rings (SSSR count). The Morgan fingerprint density at radius 2 is 2.10 bits per heavy atom. The standard InChI is InChI=1S/C16H15BrN2O2/c1-9(2)11-8-21-19-16(11)10-7-18-12-5-4-6-13(20-3)14(12)15(10)17/h4-9H,1-3H3. The fraction of sp³-hybridized carbons (Fsp3) is 0.250. The first-order valence-electron chi connectivity index (χ1n) is 6.69. The Labute approximate surface area is 131 Å². The molecule has 0 bridgehead atoms. The second kappa shape index (κ2) is 5.48. The van der Waals surface area contributed by atoms with E-state index in [1.807, 2.05) is 24.4 Å². The van der Waals surface area contributed by atoms with Gasteiger partial charge in [-0.15, -0.1) is 0 Å². The van der Waals surface area contributed by atoms with Gasteiger partial charge in [0.25, 0.3) is 0 Å². The van der Waals surface area contributed by atoms with E-state index < -0.39 is 0 Å². The molecule has 21 heavy (non-hydrogen) atoms. The van der Waals surface area contributed by atoms with E-state index in [0.717, 1.165) is 37.9 Å². The van der Waals surface area contributed by atoms with Gasteiger partial charge in [-0.1, -0.05) is 25.1 Å². The van der Waals surface area contributed by atoms with E-state index in [9.17, 15) is 0 Å². The van der Waals surface area contributed by atoms with E-state index in [0.29, 0.717) is 5.92 Å². The molecule has 0 saturated carbocycles. The van der Waals surface area contributed by atoms with Gasteiger partial charge in [0.05, 0.1) is 18.0 Å². The predicted molar refractivity (Wildman–Crippen MR) is 85.6 cm³/mol. The third kappa shape index (κ3) is 2.31. The number of hydrogen-bond acceptors (Lipinski definition) is 4. The number of benzene rings is 1. The zero-order valence-electron chi connectivity index (χ0n) is 12.1. The molecule has 2 heterocycles. The molecular weight excluding hydrogens is 332 g/mol. The van der Waals surface area contributed by atoms with E-state index in [1.54, 1.807) is 13.4 Å². The lowest BCUT2D eigenvalue weighted by molar-refractivity contribution is 0.419. The van der Waals surface area contributed by atoms with Crippen molar-refractivity contribution in [1.29, 1.82) is 0 Å². The van der Waals surface area contributed by atoms with Crippen LogP contribution in [0.1, 0.15) is 25.3 Å². The van der Waals surface area contributed by atoms with Crippen LogP contribution in [0.2, 0.25) is 0 Å². The lowest BCUT2D eigenvalue weighted by Crippen LogP contribution is -1.94. The Bertz CT molecular complexity index is 796. The van der Waals surface area contributed by atoms with Crippen LogP contribution >= 0.6 is 15.9 Å². The van der Waals surface area contributed by atoms with Crippen LogP contribution in [0.3, 0.4) is 0 Å². The minimum absolute atomic E-state index is 0.325. The van der Waals surface area contributed by atoms with Gasteiger partial charge in [-0.25, -0.2) is 0 Å². The average molecular weight is 347 g/mol. The fourth-order valence-corrected chi connectivity index (χ4v) is 3.06. The van der Waals surface area contributed by atoms with E-state index in [-0.39, 0.29) is 0 Å². The summed E-state index contributed by atoms with van der Waals surface area (Å²) >= 11 is 3.68. The smallest absolute Gasteiger partial charge is 0.129 e. The molecule has 4 nitrogen and oxygen atoms in total. The molecule has 0 N–H and O–H groups in total. The summed E-state index contributed by atoms with van der Waals surface area (Å²) in [6.07, 6.45) is 3.51. The number of aromatic nitrogens is 2. The van der Waals surface area contributed by atoms with Crippen LogP contribution in [0.4, 0.5) is 0 Å².